The fourth-order valence-corrected chi connectivity index (χ4v) is 3.10. The van der Waals surface area contributed by atoms with Crippen LogP contribution in [-0.2, 0) is 16.3 Å². The molecule has 0 aliphatic rings. The maximum atomic E-state index is 11.9. The van der Waals surface area contributed by atoms with E-state index >= 15 is 0 Å². The van der Waals surface area contributed by atoms with Gasteiger partial charge >= 0.3 is 0 Å². The molecule has 4 heteroatoms. The van der Waals surface area contributed by atoms with Gasteiger partial charge in [0.15, 0.2) is 9.84 Å². The quantitative estimate of drug-likeness (QED) is 0.852. The van der Waals surface area contributed by atoms with Crippen molar-refractivity contribution >= 4 is 9.84 Å². The maximum Gasteiger partial charge on any atom is 0.178 e. The van der Waals surface area contributed by atoms with Crippen LogP contribution < -0.4 is 5.73 Å². The molecule has 90 valence electrons. The van der Waals surface area contributed by atoms with Crippen molar-refractivity contribution in [3.8, 4) is 0 Å². The third-order valence-corrected chi connectivity index (χ3v) is 4.60. The van der Waals surface area contributed by atoms with Gasteiger partial charge in [-0.2, -0.15) is 0 Å². The van der Waals surface area contributed by atoms with Crippen molar-refractivity contribution in [3.05, 3.63) is 29.8 Å². The highest BCUT2D eigenvalue weighted by Gasteiger charge is 2.17. The standard InChI is InChI=1S/C12H19NO2S/c1-3-11-4-6-12(7-5-11)16(14,15)9-10(2)8-13/h4-7,10H,3,8-9,13H2,1-2H3. The van der Waals surface area contributed by atoms with Gasteiger partial charge in [0.25, 0.3) is 0 Å². The average Bonchev–Trinajstić information content (AvgIpc) is 2.28. The summed E-state index contributed by atoms with van der Waals surface area (Å²) in [6, 6.07) is 7.08. The summed E-state index contributed by atoms with van der Waals surface area (Å²) in [6.07, 6.45) is 0.916. The molecule has 0 radical (unpaired) electrons. The van der Waals surface area contributed by atoms with Crippen LogP contribution in [0.15, 0.2) is 29.2 Å². The monoisotopic (exact) mass is 241 g/mol. The van der Waals surface area contributed by atoms with Crippen molar-refractivity contribution in [3.63, 3.8) is 0 Å². The van der Waals surface area contributed by atoms with E-state index in [1.807, 2.05) is 26.0 Å². The summed E-state index contributed by atoms with van der Waals surface area (Å²) in [5.41, 5.74) is 6.58. The second kappa shape index (κ2) is 5.46. The normalized spacial score (nSPS) is 13.7. The summed E-state index contributed by atoms with van der Waals surface area (Å²) in [5, 5.41) is 0. The molecule has 16 heavy (non-hydrogen) atoms. The Balaban J connectivity index is 2.90. The Bertz CT molecular complexity index is 423. The van der Waals surface area contributed by atoms with Gasteiger partial charge in [-0.3, -0.25) is 0 Å². The number of rotatable bonds is 5. The predicted octanol–water partition coefficient (Wildman–Crippen LogP) is 1.62. The minimum absolute atomic E-state index is 0.00384. The molecule has 0 aliphatic carbocycles. The van der Waals surface area contributed by atoms with Crippen LogP contribution in [0.25, 0.3) is 0 Å². The molecule has 3 nitrogen and oxygen atoms in total. The summed E-state index contributed by atoms with van der Waals surface area (Å²) in [6.45, 7) is 4.28. The third-order valence-electron chi connectivity index (χ3n) is 2.60. The Morgan fingerprint density at radius 1 is 1.25 bits per heavy atom. The highest BCUT2D eigenvalue weighted by atomic mass is 32.2. The number of aryl methyl sites for hydroxylation is 1. The lowest BCUT2D eigenvalue weighted by atomic mass is 10.2. The van der Waals surface area contributed by atoms with Gasteiger partial charge in [-0.05, 0) is 36.6 Å². The summed E-state index contributed by atoms with van der Waals surface area (Å²) in [4.78, 5) is 0.394. The smallest absolute Gasteiger partial charge is 0.178 e. The van der Waals surface area contributed by atoms with Crippen molar-refractivity contribution in [2.75, 3.05) is 12.3 Å². The van der Waals surface area contributed by atoms with Crippen molar-refractivity contribution in [2.24, 2.45) is 11.7 Å². The van der Waals surface area contributed by atoms with Crippen molar-refractivity contribution < 1.29 is 8.42 Å². The second-order valence-electron chi connectivity index (χ2n) is 4.12. The Kier molecular flexibility index (Phi) is 4.50. The van der Waals surface area contributed by atoms with E-state index in [1.54, 1.807) is 12.1 Å². The van der Waals surface area contributed by atoms with Crippen molar-refractivity contribution in [1.82, 2.24) is 0 Å². The van der Waals surface area contributed by atoms with Crippen LogP contribution in [-0.4, -0.2) is 20.7 Å². The number of hydrogen-bond acceptors (Lipinski definition) is 3. The van der Waals surface area contributed by atoms with Crippen LogP contribution in [0.2, 0.25) is 0 Å². The van der Waals surface area contributed by atoms with E-state index < -0.39 is 9.84 Å². The van der Waals surface area contributed by atoms with Gasteiger partial charge < -0.3 is 5.73 Å². The summed E-state index contributed by atoms with van der Waals surface area (Å²) in [7, 11) is -3.18. The Labute approximate surface area is 97.6 Å². The topological polar surface area (TPSA) is 60.2 Å². The van der Waals surface area contributed by atoms with Crippen LogP contribution in [0.1, 0.15) is 19.4 Å². The molecule has 1 unspecified atom stereocenters. The molecule has 0 aliphatic heterocycles. The first-order chi connectivity index (χ1) is 7.49. The fraction of sp³-hybridized carbons (Fsp3) is 0.500. The molecule has 0 saturated heterocycles. The number of sulfone groups is 1. The van der Waals surface area contributed by atoms with E-state index in [-0.39, 0.29) is 11.7 Å². The lowest BCUT2D eigenvalue weighted by Gasteiger charge is -2.09. The molecular weight excluding hydrogens is 222 g/mol. The van der Waals surface area contributed by atoms with E-state index in [2.05, 4.69) is 0 Å². The highest BCUT2D eigenvalue weighted by Crippen LogP contribution is 2.15. The highest BCUT2D eigenvalue weighted by molar-refractivity contribution is 7.91. The Hall–Kier alpha value is -0.870. The van der Waals surface area contributed by atoms with Crippen LogP contribution in [0, 0.1) is 5.92 Å². The first-order valence-corrected chi connectivity index (χ1v) is 7.16. The van der Waals surface area contributed by atoms with Gasteiger partial charge in [0.05, 0.1) is 10.6 Å². The molecule has 1 aromatic rings. The molecule has 0 saturated carbocycles. The van der Waals surface area contributed by atoms with E-state index in [9.17, 15) is 8.42 Å². The lowest BCUT2D eigenvalue weighted by Crippen LogP contribution is -2.21. The van der Waals surface area contributed by atoms with Crippen LogP contribution in [0.4, 0.5) is 0 Å². The summed E-state index contributed by atoms with van der Waals surface area (Å²) < 4.78 is 23.9. The predicted molar refractivity (Wildman–Crippen MR) is 66.1 cm³/mol. The van der Waals surface area contributed by atoms with E-state index in [0.29, 0.717) is 11.4 Å². The van der Waals surface area contributed by atoms with Gasteiger partial charge in [-0.25, -0.2) is 8.42 Å². The number of hydrogen-bond donors (Lipinski definition) is 1. The molecule has 0 aromatic heterocycles. The number of benzene rings is 1. The molecule has 2 N–H and O–H groups in total. The van der Waals surface area contributed by atoms with Crippen LogP contribution >= 0.6 is 0 Å². The fourth-order valence-electron chi connectivity index (χ4n) is 1.47. The molecule has 1 atom stereocenters. The second-order valence-corrected chi connectivity index (χ2v) is 6.15. The third kappa shape index (κ3) is 3.32. The van der Waals surface area contributed by atoms with Gasteiger partial charge in [-0.1, -0.05) is 26.0 Å². The van der Waals surface area contributed by atoms with Crippen molar-refractivity contribution in [1.29, 1.82) is 0 Å². The van der Waals surface area contributed by atoms with Gasteiger partial charge in [-0.15, -0.1) is 0 Å². The zero-order chi connectivity index (χ0) is 12.2. The SMILES string of the molecule is CCc1ccc(S(=O)(=O)CC(C)CN)cc1. The first kappa shape index (κ1) is 13.2. The van der Waals surface area contributed by atoms with E-state index in [1.165, 1.54) is 0 Å². The Morgan fingerprint density at radius 2 is 1.81 bits per heavy atom. The summed E-state index contributed by atoms with van der Waals surface area (Å²) >= 11 is 0. The molecule has 0 spiro atoms. The first-order valence-electron chi connectivity index (χ1n) is 5.51. The molecule has 0 heterocycles. The van der Waals surface area contributed by atoms with Gasteiger partial charge in [0, 0.05) is 0 Å². The lowest BCUT2D eigenvalue weighted by molar-refractivity contribution is 0.574. The zero-order valence-corrected chi connectivity index (χ0v) is 10.6. The minimum atomic E-state index is -3.18. The number of nitrogens with two attached hydrogens (primary N) is 1. The zero-order valence-electron chi connectivity index (χ0n) is 9.81. The van der Waals surface area contributed by atoms with Gasteiger partial charge in [0.2, 0.25) is 0 Å². The molecule has 0 bridgehead atoms. The molecule has 1 rings (SSSR count). The molecular formula is C12H19NO2S. The molecule has 0 amide bonds. The maximum absolute atomic E-state index is 11.9. The summed E-state index contributed by atoms with van der Waals surface area (Å²) in [5.74, 6) is 0.116. The molecule has 0 fully saturated rings. The Morgan fingerprint density at radius 3 is 2.25 bits per heavy atom. The van der Waals surface area contributed by atoms with E-state index in [0.717, 1.165) is 12.0 Å². The van der Waals surface area contributed by atoms with Crippen LogP contribution in [0.3, 0.4) is 0 Å². The van der Waals surface area contributed by atoms with Crippen molar-refractivity contribution in [2.45, 2.75) is 25.2 Å². The largest absolute Gasteiger partial charge is 0.330 e. The minimum Gasteiger partial charge on any atom is -0.330 e. The van der Waals surface area contributed by atoms with Gasteiger partial charge in [0.1, 0.15) is 0 Å². The van der Waals surface area contributed by atoms with Crippen LogP contribution in [0.5, 0.6) is 0 Å². The molecule has 1 aromatic carbocycles. The average molecular weight is 241 g/mol. The van der Waals surface area contributed by atoms with E-state index in [4.69, 9.17) is 5.73 Å².